The number of ether oxygens (including phenoxy) is 1. The molecule has 0 fully saturated rings. The van der Waals surface area contributed by atoms with E-state index in [1.54, 1.807) is 0 Å². The number of halogens is 1. The summed E-state index contributed by atoms with van der Waals surface area (Å²) in [6.45, 7) is 8.87. The molecule has 2 rings (SSSR count). The number of guanidine groups is 1. The summed E-state index contributed by atoms with van der Waals surface area (Å²) in [6, 6.07) is 18.1. The highest BCUT2D eigenvalue weighted by atomic mass is 127. The number of amides is 1. The quantitative estimate of drug-likeness (QED) is 0.169. The summed E-state index contributed by atoms with van der Waals surface area (Å²) < 4.78 is 5.56. The monoisotopic (exact) mass is 556 g/mol. The lowest BCUT2D eigenvalue weighted by Gasteiger charge is -2.16. The summed E-state index contributed by atoms with van der Waals surface area (Å²) in [5.74, 6) is 1.33. The zero-order valence-corrected chi connectivity index (χ0v) is 21.5. The van der Waals surface area contributed by atoms with Gasteiger partial charge >= 0.3 is 0 Å². The van der Waals surface area contributed by atoms with E-state index in [1.165, 1.54) is 4.90 Å². The van der Waals surface area contributed by atoms with E-state index < -0.39 is 0 Å². The standard InChI is InChI=1S/C23H32N4O2S.HI/c1-4-24-22(28)17-29-20-11-9-10-19(14-20)16-27-23(25-5-2)26-15-18(3)30-21-12-7-6-8-13-21;/h6-14,18H,4-5,15-17H2,1-3H3,(H,24,28)(H2,25,26,27);1H. The molecule has 170 valence electrons. The molecular weight excluding hydrogens is 523 g/mol. The van der Waals surface area contributed by atoms with Crippen molar-refractivity contribution >= 4 is 47.6 Å². The second-order valence-electron chi connectivity index (χ2n) is 6.71. The van der Waals surface area contributed by atoms with Gasteiger partial charge in [0, 0.05) is 29.8 Å². The maximum absolute atomic E-state index is 11.6. The number of carbonyl (C=O) groups excluding carboxylic acids is 1. The molecule has 0 spiro atoms. The van der Waals surface area contributed by atoms with Crippen molar-refractivity contribution in [2.24, 2.45) is 4.99 Å². The van der Waals surface area contributed by atoms with Crippen LogP contribution in [0.4, 0.5) is 0 Å². The van der Waals surface area contributed by atoms with Crippen LogP contribution in [0.5, 0.6) is 5.75 Å². The van der Waals surface area contributed by atoms with Crippen LogP contribution in [-0.2, 0) is 11.3 Å². The number of hydrogen-bond donors (Lipinski definition) is 3. The zero-order chi connectivity index (χ0) is 21.6. The normalized spacial score (nSPS) is 11.8. The van der Waals surface area contributed by atoms with Crippen LogP contribution in [0.1, 0.15) is 26.3 Å². The van der Waals surface area contributed by atoms with Crippen LogP contribution >= 0.6 is 35.7 Å². The van der Waals surface area contributed by atoms with E-state index in [9.17, 15) is 4.79 Å². The van der Waals surface area contributed by atoms with Gasteiger partial charge in [-0.25, -0.2) is 4.99 Å². The number of benzene rings is 2. The molecular formula is C23H33IN4O2S. The molecule has 0 aromatic heterocycles. The zero-order valence-electron chi connectivity index (χ0n) is 18.4. The van der Waals surface area contributed by atoms with Gasteiger partial charge in [-0.3, -0.25) is 4.79 Å². The SMILES string of the molecule is CCNC(=O)COc1cccc(CN=C(NCC)NCC(C)Sc2ccccc2)c1.I. The lowest BCUT2D eigenvalue weighted by molar-refractivity contribution is -0.122. The van der Waals surface area contributed by atoms with Gasteiger partial charge in [0.25, 0.3) is 5.91 Å². The minimum Gasteiger partial charge on any atom is -0.484 e. The van der Waals surface area contributed by atoms with Crippen molar-refractivity contribution in [2.45, 2.75) is 37.5 Å². The van der Waals surface area contributed by atoms with Crippen molar-refractivity contribution in [3.05, 3.63) is 60.2 Å². The fourth-order valence-electron chi connectivity index (χ4n) is 2.66. The van der Waals surface area contributed by atoms with Crippen LogP contribution in [0.3, 0.4) is 0 Å². The molecule has 2 aromatic rings. The van der Waals surface area contributed by atoms with Crippen molar-refractivity contribution < 1.29 is 9.53 Å². The lowest BCUT2D eigenvalue weighted by atomic mass is 10.2. The summed E-state index contributed by atoms with van der Waals surface area (Å²) >= 11 is 1.84. The predicted molar refractivity (Wildman–Crippen MR) is 141 cm³/mol. The van der Waals surface area contributed by atoms with Crippen molar-refractivity contribution in [1.29, 1.82) is 0 Å². The molecule has 0 aliphatic heterocycles. The minimum absolute atomic E-state index is 0. The van der Waals surface area contributed by atoms with Gasteiger partial charge in [0.2, 0.25) is 0 Å². The van der Waals surface area contributed by atoms with Gasteiger partial charge in [-0.2, -0.15) is 0 Å². The molecule has 1 unspecified atom stereocenters. The molecule has 0 saturated heterocycles. The molecule has 0 saturated carbocycles. The fourth-order valence-corrected chi connectivity index (χ4v) is 3.60. The third-order valence-corrected chi connectivity index (χ3v) is 5.16. The molecule has 6 nitrogen and oxygen atoms in total. The number of likely N-dealkylation sites (N-methyl/N-ethyl adjacent to an activating group) is 1. The molecule has 0 bridgehead atoms. The van der Waals surface area contributed by atoms with Crippen molar-refractivity contribution in [3.8, 4) is 5.75 Å². The highest BCUT2D eigenvalue weighted by molar-refractivity contribution is 14.0. The Morgan fingerprint density at radius 1 is 1.03 bits per heavy atom. The highest BCUT2D eigenvalue weighted by Crippen LogP contribution is 2.21. The Labute approximate surface area is 207 Å². The first-order chi connectivity index (χ1) is 14.6. The molecule has 0 aliphatic rings. The highest BCUT2D eigenvalue weighted by Gasteiger charge is 2.06. The number of carbonyl (C=O) groups is 1. The summed E-state index contributed by atoms with van der Waals surface area (Å²) in [6.07, 6.45) is 0. The third-order valence-electron chi connectivity index (χ3n) is 4.04. The predicted octanol–water partition coefficient (Wildman–Crippen LogP) is 4.06. The first kappa shape index (κ1) is 27.1. The second kappa shape index (κ2) is 15.8. The molecule has 1 atom stereocenters. The summed E-state index contributed by atoms with van der Waals surface area (Å²) in [5.41, 5.74) is 1.02. The number of thioether (sulfide) groups is 1. The van der Waals surface area contributed by atoms with Gasteiger partial charge in [-0.15, -0.1) is 35.7 Å². The van der Waals surface area contributed by atoms with E-state index >= 15 is 0 Å². The van der Waals surface area contributed by atoms with Crippen molar-refractivity contribution in [3.63, 3.8) is 0 Å². The van der Waals surface area contributed by atoms with Gasteiger partial charge in [0.15, 0.2) is 12.6 Å². The molecule has 0 heterocycles. The van der Waals surface area contributed by atoms with Gasteiger partial charge in [0.1, 0.15) is 5.75 Å². The molecule has 2 aromatic carbocycles. The Kier molecular flexibility index (Phi) is 13.8. The van der Waals surface area contributed by atoms with Gasteiger partial charge in [-0.05, 0) is 43.7 Å². The number of nitrogens with zero attached hydrogens (tertiary/aromatic N) is 1. The third kappa shape index (κ3) is 11.3. The van der Waals surface area contributed by atoms with Gasteiger partial charge in [0.05, 0.1) is 6.54 Å². The Bertz CT molecular complexity index is 805. The smallest absolute Gasteiger partial charge is 0.257 e. The van der Waals surface area contributed by atoms with Gasteiger partial charge < -0.3 is 20.7 Å². The number of aliphatic imine (C=N–C) groups is 1. The molecule has 8 heteroatoms. The van der Waals surface area contributed by atoms with Crippen LogP contribution in [0.25, 0.3) is 0 Å². The first-order valence-corrected chi connectivity index (χ1v) is 11.2. The first-order valence-electron chi connectivity index (χ1n) is 10.3. The summed E-state index contributed by atoms with van der Waals surface area (Å²) in [7, 11) is 0. The lowest BCUT2D eigenvalue weighted by Crippen LogP contribution is -2.40. The minimum atomic E-state index is -0.123. The van der Waals surface area contributed by atoms with Crippen molar-refractivity contribution in [1.82, 2.24) is 16.0 Å². The maximum Gasteiger partial charge on any atom is 0.257 e. The largest absolute Gasteiger partial charge is 0.484 e. The molecule has 0 aliphatic carbocycles. The Hall–Kier alpha value is -1.94. The summed E-state index contributed by atoms with van der Waals surface area (Å²) in [5, 5.41) is 9.82. The van der Waals surface area contributed by atoms with E-state index in [-0.39, 0.29) is 36.5 Å². The van der Waals surface area contributed by atoms with Crippen LogP contribution in [0, 0.1) is 0 Å². The molecule has 0 radical (unpaired) electrons. The Morgan fingerprint density at radius 3 is 2.48 bits per heavy atom. The molecule has 1 amide bonds. The van der Waals surface area contributed by atoms with E-state index in [2.05, 4.69) is 59.1 Å². The topological polar surface area (TPSA) is 74.8 Å². The number of rotatable bonds is 11. The van der Waals surface area contributed by atoms with E-state index in [1.807, 2.05) is 49.0 Å². The van der Waals surface area contributed by atoms with E-state index in [4.69, 9.17) is 4.74 Å². The average Bonchev–Trinajstić information content (AvgIpc) is 2.75. The Balaban J connectivity index is 0.00000480. The van der Waals surface area contributed by atoms with Crippen molar-refractivity contribution in [2.75, 3.05) is 26.2 Å². The van der Waals surface area contributed by atoms with E-state index in [0.29, 0.717) is 24.1 Å². The molecule has 3 N–H and O–H groups in total. The maximum atomic E-state index is 11.6. The van der Waals surface area contributed by atoms with Crippen LogP contribution < -0.4 is 20.7 Å². The number of hydrogen-bond acceptors (Lipinski definition) is 4. The van der Waals surface area contributed by atoms with E-state index in [0.717, 1.165) is 24.6 Å². The van der Waals surface area contributed by atoms with Crippen LogP contribution in [0.15, 0.2) is 64.5 Å². The molecule has 31 heavy (non-hydrogen) atoms. The second-order valence-corrected chi connectivity index (χ2v) is 8.22. The van der Waals surface area contributed by atoms with Crippen LogP contribution in [-0.4, -0.2) is 43.4 Å². The van der Waals surface area contributed by atoms with Crippen LogP contribution in [0.2, 0.25) is 0 Å². The number of nitrogens with one attached hydrogen (secondary N) is 3. The van der Waals surface area contributed by atoms with Gasteiger partial charge in [-0.1, -0.05) is 37.3 Å². The fraction of sp³-hybridized carbons (Fsp3) is 0.391. The average molecular weight is 557 g/mol. The summed E-state index contributed by atoms with van der Waals surface area (Å²) in [4.78, 5) is 17.5. The Morgan fingerprint density at radius 2 is 1.77 bits per heavy atom.